The Labute approximate surface area is 110 Å². The van der Waals surface area contributed by atoms with Crippen LogP contribution < -0.4 is 15.2 Å². The molecule has 0 aliphatic carbocycles. The number of hydrogen-bond acceptors (Lipinski definition) is 3. The Balaban J connectivity index is 3.03. The van der Waals surface area contributed by atoms with E-state index in [1.165, 1.54) is 0 Å². The Morgan fingerprint density at radius 2 is 1.67 bits per heavy atom. The van der Waals surface area contributed by atoms with Gasteiger partial charge in [0.1, 0.15) is 11.5 Å². The smallest absolute Gasteiger partial charge is 0.124 e. The van der Waals surface area contributed by atoms with Gasteiger partial charge in [-0.1, -0.05) is 6.92 Å². The molecule has 0 spiro atoms. The average Bonchev–Trinajstić information content (AvgIpc) is 2.28. The number of hydrogen-bond donors (Lipinski definition) is 1. The lowest BCUT2D eigenvalue weighted by Crippen LogP contribution is -2.14. The van der Waals surface area contributed by atoms with Crippen molar-refractivity contribution in [2.75, 3.05) is 0 Å². The van der Waals surface area contributed by atoms with Crippen molar-refractivity contribution in [3.8, 4) is 11.5 Å². The molecule has 0 radical (unpaired) electrons. The van der Waals surface area contributed by atoms with Crippen molar-refractivity contribution < 1.29 is 9.47 Å². The van der Waals surface area contributed by atoms with E-state index in [-0.39, 0.29) is 18.2 Å². The zero-order valence-corrected chi connectivity index (χ0v) is 12.1. The van der Waals surface area contributed by atoms with Crippen molar-refractivity contribution in [1.29, 1.82) is 0 Å². The van der Waals surface area contributed by atoms with Crippen LogP contribution in [0.1, 0.15) is 52.6 Å². The second-order valence-electron chi connectivity index (χ2n) is 5.05. The van der Waals surface area contributed by atoms with E-state index in [9.17, 15) is 0 Å². The summed E-state index contributed by atoms with van der Waals surface area (Å²) >= 11 is 0. The topological polar surface area (TPSA) is 44.5 Å². The molecule has 0 bridgehead atoms. The lowest BCUT2D eigenvalue weighted by molar-refractivity contribution is 0.231. The summed E-state index contributed by atoms with van der Waals surface area (Å²) in [6.07, 6.45) is 1.18. The van der Waals surface area contributed by atoms with Gasteiger partial charge in [-0.3, -0.25) is 0 Å². The van der Waals surface area contributed by atoms with Crippen molar-refractivity contribution in [3.05, 3.63) is 23.8 Å². The summed E-state index contributed by atoms with van der Waals surface area (Å²) in [6, 6.07) is 5.85. The maximum absolute atomic E-state index is 6.13. The third-order valence-corrected chi connectivity index (χ3v) is 2.56. The molecule has 1 aromatic carbocycles. The highest BCUT2D eigenvalue weighted by atomic mass is 16.5. The van der Waals surface area contributed by atoms with Crippen LogP contribution in [0, 0.1) is 0 Å². The van der Waals surface area contributed by atoms with Gasteiger partial charge in [-0.25, -0.2) is 0 Å². The summed E-state index contributed by atoms with van der Waals surface area (Å²) in [7, 11) is 0. The minimum Gasteiger partial charge on any atom is -0.491 e. The molecule has 0 fully saturated rings. The molecule has 18 heavy (non-hydrogen) atoms. The fraction of sp³-hybridized carbons (Fsp3) is 0.600. The Morgan fingerprint density at radius 3 is 2.17 bits per heavy atom. The minimum absolute atomic E-state index is 0.0190. The van der Waals surface area contributed by atoms with Gasteiger partial charge >= 0.3 is 0 Å². The minimum atomic E-state index is -0.0190. The first kappa shape index (κ1) is 14.8. The van der Waals surface area contributed by atoms with Crippen LogP contribution in [-0.2, 0) is 0 Å². The van der Waals surface area contributed by atoms with Gasteiger partial charge in [-0.05, 0) is 52.3 Å². The van der Waals surface area contributed by atoms with Crippen LogP contribution in [0.2, 0.25) is 0 Å². The first-order chi connectivity index (χ1) is 8.43. The first-order valence-corrected chi connectivity index (χ1v) is 6.66. The molecule has 0 heterocycles. The highest BCUT2D eigenvalue weighted by Gasteiger charge is 2.13. The summed E-state index contributed by atoms with van der Waals surface area (Å²) in [6.45, 7) is 10.1. The number of ether oxygens (including phenoxy) is 2. The molecule has 1 rings (SSSR count). The van der Waals surface area contributed by atoms with Crippen LogP contribution in [0.15, 0.2) is 18.2 Å². The zero-order valence-electron chi connectivity index (χ0n) is 12.1. The third kappa shape index (κ3) is 4.22. The van der Waals surface area contributed by atoms with Gasteiger partial charge in [0.25, 0.3) is 0 Å². The van der Waals surface area contributed by atoms with E-state index in [0.717, 1.165) is 23.5 Å². The molecule has 0 aliphatic rings. The van der Waals surface area contributed by atoms with E-state index < -0.39 is 0 Å². The Hall–Kier alpha value is -1.22. The molecule has 1 unspecified atom stereocenters. The molecule has 0 aromatic heterocycles. The van der Waals surface area contributed by atoms with Crippen LogP contribution in [0.25, 0.3) is 0 Å². The molecule has 0 saturated carbocycles. The van der Waals surface area contributed by atoms with Crippen LogP contribution in [-0.4, -0.2) is 12.2 Å². The lowest BCUT2D eigenvalue weighted by Gasteiger charge is -2.20. The molecular weight excluding hydrogens is 226 g/mol. The van der Waals surface area contributed by atoms with Crippen molar-refractivity contribution >= 4 is 0 Å². The van der Waals surface area contributed by atoms with E-state index >= 15 is 0 Å². The van der Waals surface area contributed by atoms with Crippen LogP contribution in [0.3, 0.4) is 0 Å². The third-order valence-electron chi connectivity index (χ3n) is 2.56. The van der Waals surface area contributed by atoms with Gasteiger partial charge in [0.2, 0.25) is 0 Å². The molecule has 0 saturated heterocycles. The molecular formula is C15H25NO2. The van der Waals surface area contributed by atoms with Crippen molar-refractivity contribution in [2.45, 2.75) is 59.3 Å². The fourth-order valence-corrected chi connectivity index (χ4v) is 1.74. The van der Waals surface area contributed by atoms with E-state index in [1.807, 2.05) is 45.9 Å². The second-order valence-corrected chi connectivity index (χ2v) is 5.05. The summed E-state index contributed by atoms with van der Waals surface area (Å²) in [4.78, 5) is 0. The SMILES string of the molecule is CCC(N)c1cc(OC(C)C)ccc1OC(C)C. The van der Waals surface area contributed by atoms with Gasteiger partial charge in [-0.2, -0.15) is 0 Å². The van der Waals surface area contributed by atoms with Crippen molar-refractivity contribution in [3.63, 3.8) is 0 Å². The number of nitrogens with two attached hydrogens (primary N) is 1. The standard InChI is InChI=1S/C15H25NO2/c1-6-14(16)13-9-12(17-10(2)3)7-8-15(13)18-11(4)5/h7-11,14H,6,16H2,1-5H3. The maximum Gasteiger partial charge on any atom is 0.124 e. The average molecular weight is 251 g/mol. The highest BCUT2D eigenvalue weighted by molar-refractivity contribution is 5.42. The van der Waals surface area contributed by atoms with Gasteiger partial charge < -0.3 is 15.2 Å². The van der Waals surface area contributed by atoms with Gasteiger partial charge in [0.15, 0.2) is 0 Å². The van der Waals surface area contributed by atoms with Crippen LogP contribution in [0.4, 0.5) is 0 Å². The summed E-state index contributed by atoms with van der Waals surface area (Å²) < 4.78 is 11.5. The molecule has 0 amide bonds. The molecule has 0 aliphatic heterocycles. The maximum atomic E-state index is 6.13. The van der Waals surface area contributed by atoms with Crippen molar-refractivity contribution in [2.24, 2.45) is 5.73 Å². The summed E-state index contributed by atoms with van der Waals surface area (Å²) in [5, 5.41) is 0. The molecule has 1 aromatic rings. The van der Waals surface area contributed by atoms with Gasteiger partial charge in [0, 0.05) is 11.6 Å². The lowest BCUT2D eigenvalue weighted by atomic mass is 10.0. The highest BCUT2D eigenvalue weighted by Crippen LogP contribution is 2.31. The van der Waals surface area contributed by atoms with Crippen LogP contribution >= 0.6 is 0 Å². The monoisotopic (exact) mass is 251 g/mol. The predicted octanol–water partition coefficient (Wildman–Crippen LogP) is 3.67. The molecule has 3 heteroatoms. The van der Waals surface area contributed by atoms with Gasteiger partial charge in [-0.15, -0.1) is 0 Å². The first-order valence-electron chi connectivity index (χ1n) is 6.66. The Kier molecular flexibility index (Phi) is 5.48. The normalized spacial score (nSPS) is 12.9. The summed E-state index contributed by atoms with van der Waals surface area (Å²) in [5.41, 5.74) is 7.15. The van der Waals surface area contributed by atoms with E-state index in [2.05, 4.69) is 6.92 Å². The van der Waals surface area contributed by atoms with Gasteiger partial charge in [0.05, 0.1) is 12.2 Å². The molecule has 2 N–H and O–H groups in total. The largest absolute Gasteiger partial charge is 0.491 e. The number of benzene rings is 1. The Morgan fingerprint density at radius 1 is 1.06 bits per heavy atom. The Bertz CT molecular complexity index is 375. The molecule has 1 atom stereocenters. The summed E-state index contributed by atoms with van der Waals surface area (Å²) in [5.74, 6) is 1.70. The predicted molar refractivity (Wildman–Crippen MR) is 75.2 cm³/mol. The number of rotatable bonds is 6. The fourth-order valence-electron chi connectivity index (χ4n) is 1.74. The van der Waals surface area contributed by atoms with E-state index in [4.69, 9.17) is 15.2 Å². The second kappa shape index (κ2) is 6.64. The van der Waals surface area contributed by atoms with Crippen molar-refractivity contribution in [1.82, 2.24) is 0 Å². The quantitative estimate of drug-likeness (QED) is 0.839. The van der Waals surface area contributed by atoms with E-state index in [1.54, 1.807) is 0 Å². The van der Waals surface area contributed by atoms with Crippen LogP contribution in [0.5, 0.6) is 11.5 Å². The zero-order chi connectivity index (χ0) is 13.7. The molecule has 102 valence electrons. The molecule has 3 nitrogen and oxygen atoms in total. The van der Waals surface area contributed by atoms with E-state index in [0.29, 0.717) is 0 Å².